The van der Waals surface area contributed by atoms with Crippen molar-refractivity contribution in [1.82, 2.24) is 10.2 Å². The predicted molar refractivity (Wildman–Crippen MR) is 92.2 cm³/mol. The molecule has 4 aromatic carbocycles. The van der Waals surface area contributed by atoms with E-state index in [0.717, 1.165) is 0 Å². The molecule has 0 radical (unpaired) electrons. The number of hydrogen-bond acceptors (Lipinski definition) is 2. The maximum absolute atomic E-state index is 3.53. The Bertz CT molecular complexity index is 866. The molecule has 0 aliphatic heterocycles. The van der Waals surface area contributed by atoms with Crippen molar-refractivity contribution in [3.05, 3.63) is 85.2 Å². The highest BCUT2D eigenvalue weighted by atomic mass is 15.1. The largest absolute Gasteiger partial charge is 0.159 e. The molecule has 22 heavy (non-hydrogen) atoms. The van der Waals surface area contributed by atoms with Gasteiger partial charge in [-0.05, 0) is 44.5 Å². The second kappa shape index (κ2) is 5.41. The zero-order valence-electron chi connectivity index (χ0n) is 12.0. The summed E-state index contributed by atoms with van der Waals surface area (Å²) in [4.78, 5) is 0. The summed E-state index contributed by atoms with van der Waals surface area (Å²) in [5.41, 5.74) is 0. The quantitative estimate of drug-likeness (QED) is 0.371. The summed E-state index contributed by atoms with van der Waals surface area (Å²) in [6.45, 7) is 0. The minimum atomic E-state index is 1.34. The van der Waals surface area contributed by atoms with Crippen LogP contribution in [-0.2, 0) is 0 Å². The summed E-state index contributed by atoms with van der Waals surface area (Å²) < 4.78 is 0. The van der Waals surface area contributed by atoms with Gasteiger partial charge in [0.2, 0.25) is 0 Å². The van der Waals surface area contributed by atoms with Crippen LogP contribution < -0.4 is 0 Å². The zero-order chi connectivity index (χ0) is 14.8. The molecule has 0 spiro atoms. The van der Waals surface area contributed by atoms with Gasteiger partial charge in [0.1, 0.15) is 0 Å². The maximum atomic E-state index is 3.53. The van der Waals surface area contributed by atoms with Gasteiger partial charge in [-0.3, -0.25) is 0 Å². The lowest BCUT2D eigenvalue weighted by molar-refractivity contribution is 1.03. The Morgan fingerprint density at radius 3 is 1.05 bits per heavy atom. The van der Waals surface area contributed by atoms with E-state index in [1.807, 2.05) is 12.1 Å². The van der Waals surface area contributed by atoms with E-state index in [1.54, 1.807) is 12.4 Å². The summed E-state index contributed by atoms with van der Waals surface area (Å²) in [5.74, 6) is 0. The Kier molecular flexibility index (Phi) is 3.13. The summed E-state index contributed by atoms with van der Waals surface area (Å²) in [5, 5.41) is 15.2. The highest BCUT2D eigenvalue weighted by Crippen LogP contribution is 2.33. The van der Waals surface area contributed by atoms with Crippen LogP contribution in [0.4, 0.5) is 0 Å². The molecule has 1 heterocycles. The summed E-state index contributed by atoms with van der Waals surface area (Å²) in [6.07, 6.45) is 3.28. The van der Waals surface area contributed by atoms with E-state index >= 15 is 0 Å². The van der Waals surface area contributed by atoms with Crippen LogP contribution in [0.5, 0.6) is 0 Å². The van der Waals surface area contributed by atoms with Crippen molar-refractivity contribution in [2.24, 2.45) is 0 Å². The van der Waals surface area contributed by atoms with E-state index in [0.29, 0.717) is 0 Å². The van der Waals surface area contributed by atoms with Gasteiger partial charge in [-0.2, -0.15) is 10.2 Å². The molecule has 2 nitrogen and oxygen atoms in total. The highest BCUT2D eigenvalue weighted by Gasteiger charge is 2.05. The number of rotatable bonds is 0. The van der Waals surface area contributed by atoms with Crippen LogP contribution in [0.3, 0.4) is 0 Å². The van der Waals surface area contributed by atoms with E-state index in [2.05, 4.69) is 70.9 Å². The fraction of sp³-hybridized carbons (Fsp3) is 0. The first-order valence-electron chi connectivity index (χ1n) is 7.28. The highest BCUT2D eigenvalue weighted by molar-refractivity contribution is 6.22. The topological polar surface area (TPSA) is 25.8 Å². The van der Waals surface area contributed by atoms with Gasteiger partial charge in [-0.25, -0.2) is 0 Å². The van der Waals surface area contributed by atoms with Crippen LogP contribution in [0.25, 0.3) is 32.3 Å². The molecule has 1 aromatic heterocycles. The van der Waals surface area contributed by atoms with Crippen LogP contribution in [0.1, 0.15) is 0 Å². The molecule has 0 saturated carbocycles. The van der Waals surface area contributed by atoms with Crippen molar-refractivity contribution in [1.29, 1.82) is 0 Å². The smallest absolute Gasteiger partial charge is 0.0496 e. The summed E-state index contributed by atoms with van der Waals surface area (Å²) in [6, 6.07) is 25.5. The average Bonchev–Trinajstić information content (AvgIpc) is 2.62. The molecule has 0 bridgehead atoms. The maximum Gasteiger partial charge on any atom is 0.0496 e. The molecule has 0 unspecified atom stereocenters. The molecule has 0 saturated heterocycles. The van der Waals surface area contributed by atoms with Crippen LogP contribution in [0.2, 0.25) is 0 Å². The van der Waals surface area contributed by atoms with Crippen molar-refractivity contribution in [3.8, 4) is 0 Å². The lowest BCUT2D eigenvalue weighted by atomic mass is 9.95. The number of hydrogen-bond donors (Lipinski definition) is 0. The second-order valence-electron chi connectivity index (χ2n) is 5.20. The number of nitrogens with zero attached hydrogens (tertiary/aromatic N) is 2. The van der Waals surface area contributed by atoms with Gasteiger partial charge >= 0.3 is 0 Å². The molecule has 0 aliphatic carbocycles. The van der Waals surface area contributed by atoms with Gasteiger partial charge in [-0.1, -0.05) is 60.7 Å². The first-order chi connectivity index (χ1) is 10.9. The van der Waals surface area contributed by atoms with E-state index in [4.69, 9.17) is 0 Å². The van der Waals surface area contributed by atoms with Gasteiger partial charge in [0.25, 0.3) is 0 Å². The standard InChI is InChI=1S/C16H10.C4H4N2/c1-3-11-7-9-13-5-2-6-14-10-8-12(4-1)15(11)16(13)14;1-2-4-6-5-3-1/h1-10H;1-4H. The molecule has 0 N–H and O–H groups in total. The monoisotopic (exact) mass is 282 g/mol. The van der Waals surface area contributed by atoms with Crippen LogP contribution >= 0.6 is 0 Å². The molecular formula is C20H14N2. The molecule has 0 fully saturated rings. The minimum absolute atomic E-state index is 1.34. The molecule has 104 valence electrons. The Morgan fingerprint density at radius 1 is 0.409 bits per heavy atom. The lowest BCUT2D eigenvalue weighted by Gasteiger charge is -2.09. The van der Waals surface area contributed by atoms with Crippen molar-refractivity contribution in [2.75, 3.05) is 0 Å². The Morgan fingerprint density at radius 2 is 0.773 bits per heavy atom. The van der Waals surface area contributed by atoms with Crippen molar-refractivity contribution < 1.29 is 0 Å². The van der Waals surface area contributed by atoms with Crippen molar-refractivity contribution in [2.45, 2.75) is 0 Å². The first-order valence-corrected chi connectivity index (χ1v) is 7.28. The summed E-state index contributed by atoms with van der Waals surface area (Å²) >= 11 is 0. The summed E-state index contributed by atoms with van der Waals surface area (Å²) in [7, 11) is 0. The molecule has 0 atom stereocenters. The van der Waals surface area contributed by atoms with Gasteiger partial charge < -0.3 is 0 Å². The van der Waals surface area contributed by atoms with E-state index in [9.17, 15) is 0 Å². The molecule has 5 rings (SSSR count). The van der Waals surface area contributed by atoms with Gasteiger partial charge in [0.15, 0.2) is 0 Å². The molecule has 0 amide bonds. The Hall–Kier alpha value is -3.00. The molecular weight excluding hydrogens is 268 g/mol. The van der Waals surface area contributed by atoms with Gasteiger partial charge in [-0.15, -0.1) is 0 Å². The third-order valence-electron chi connectivity index (χ3n) is 3.88. The normalized spacial score (nSPS) is 10.7. The van der Waals surface area contributed by atoms with Crippen LogP contribution in [0.15, 0.2) is 85.2 Å². The van der Waals surface area contributed by atoms with Crippen molar-refractivity contribution in [3.63, 3.8) is 0 Å². The fourth-order valence-electron chi connectivity index (χ4n) is 2.92. The second-order valence-corrected chi connectivity index (χ2v) is 5.20. The Labute approximate surface area is 128 Å². The fourth-order valence-corrected chi connectivity index (χ4v) is 2.92. The third kappa shape index (κ3) is 2.15. The Balaban J connectivity index is 0.000000177. The van der Waals surface area contributed by atoms with Crippen LogP contribution in [0, 0.1) is 0 Å². The zero-order valence-corrected chi connectivity index (χ0v) is 12.0. The average molecular weight is 282 g/mol. The SMILES string of the molecule is c1cc2ccc3cccc4ccc(c1)c2c34.c1ccnnc1. The predicted octanol–water partition coefficient (Wildman–Crippen LogP) is 5.06. The van der Waals surface area contributed by atoms with E-state index in [1.165, 1.54) is 32.3 Å². The molecule has 0 aliphatic rings. The minimum Gasteiger partial charge on any atom is -0.159 e. The third-order valence-corrected chi connectivity index (χ3v) is 3.88. The van der Waals surface area contributed by atoms with Crippen LogP contribution in [-0.4, -0.2) is 10.2 Å². The van der Waals surface area contributed by atoms with Gasteiger partial charge in [0.05, 0.1) is 0 Å². The first kappa shape index (κ1) is 12.7. The number of benzene rings is 4. The molecule has 2 heteroatoms. The van der Waals surface area contributed by atoms with Crippen molar-refractivity contribution >= 4 is 32.3 Å². The van der Waals surface area contributed by atoms with E-state index < -0.39 is 0 Å². The van der Waals surface area contributed by atoms with E-state index in [-0.39, 0.29) is 0 Å². The van der Waals surface area contributed by atoms with Gasteiger partial charge in [0, 0.05) is 12.4 Å². The number of aromatic nitrogens is 2. The lowest BCUT2D eigenvalue weighted by Crippen LogP contribution is -1.82. The molecule has 5 aromatic rings.